The first-order valence-electron chi connectivity index (χ1n) is 29.1. The molecule has 0 aromatic heterocycles. The SMILES string of the molecule is NCCCC[C@H](NC(=O)CCCCCCCCCCCNC(=O)CCCCCNC(=O)[C@H](CCCN=C(N)N)NC(=O)CCCCCCCCCCCNC(=O)CCCCCNC(=O)[C@@H](N)CCCN=C(N)N)C(=O)O. The first kappa shape index (κ1) is 70.8. The van der Waals surface area contributed by atoms with Crippen LogP contribution < -0.4 is 66.3 Å². The molecule has 19 N–H and O–H groups in total. The van der Waals surface area contributed by atoms with Gasteiger partial charge in [-0.25, -0.2) is 4.79 Å². The van der Waals surface area contributed by atoms with Gasteiger partial charge in [-0.2, -0.15) is 0 Å². The van der Waals surface area contributed by atoms with Crippen molar-refractivity contribution in [3.05, 3.63) is 0 Å². The van der Waals surface area contributed by atoms with Crippen molar-refractivity contribution in [1.82, 2.24) is 31.9 Å². The predicted molar refractivity (Wildman–Crippen MR) is 304 cm³/mol. The summed E-state index contributed by atoms with van der Waals surface area (Å²) in [6.07, 6.45) is 28.6. The smallest absolute Gasteiger partial charge is 0.326 e. The zero-order valence-electron chi connectivity index (χ0n) is 46.6. The molecule has 0 bridgehead atoms. The minimum absolute atomic E-state index is 0.0170. The van der Waals surface area contributed by atoms with Gasteiger partial charge < -0.3 is 71.4 Å². The Hall–Kier alpha value is -5.25. The minimum Gasteiger partial charge on any atom is -0.480 e. The number of hydrogen-bond donors (Lipinski definition) is 13. The maximum Gasteiger partial charge on any atom is 0.326 e. The monoisotopic (exact) mass is 1080 g/mol. The number of nitrogens with zero attached hydrogens (tertiary/aromatic N) is 2. The molecule has 0 spiro atoms. The summed E-state index contributed by atoms with van der Waals surface area (Å²) in [5.74, 6) is -1.67. The number of carbonyl (C=O) groups is 7. The number of guanidine groups is 2. The van der Waals surface area contributed by atoms with Crippen LogP contribution >= 0.6 is 0 Å². The Morgan fingerprint density at radius 3 is 1.11 bits per heavy atom. The Bertz CT molecular complexity index is 1610. The Morgan fingerprint density at radius 1 is 0.368 bits per heavy atom. The van der Waals surface area contributed by atoms with E-state index in [0.717, 1.165) is 161 Å². The molecule has 0 fully saturated rings. The van der Waals surface area contributed by atoms with E-state index in [4.69, 9.17) is 34.4 Å². The van der Waals surface area contributed by atoms with Crippen molar-refractivity contribution in [2.75, 3.05) is 45.8 Å². The van der Waals surface area contributed by atoms with E-state index in [2.05, 4.69) is 41.9 Å². The molecule has 3 atom stereocenters. The highest BCUT2D eigenvalue weighted by Gasteiger charge is 2.21. The molecule has 22 nitrogen and oxygen atoms in total. The number of carbonyl (C=O) groups excluding carboxylic acids is 6. The number of nitrogens with one attached hydrogen (secondary N) is 6. The van der Waals surface area contributed by atoms with Gasteiger partial charge in [-0.05, 0) is 103 Å². The molecular weight excluding hydrogens is 973 g/mol. The summed E-state index contributed by atoms with van der Waals surface area (Å²) in [4.78, 5) is 94.0. The van der Waals surface area contributed by atoms with E-state index >= 15 is 0 Å². The van der Waals surface area contributed by atoms with Crippen LogP contribution in [0.25, 0.3) is 0 Å². The van der Waals surface area contributed by atoms with Crippen LogP contribution in [0, 0.1) is 0 Å². The number of hydrogen-bond acceptors (Lipinski definition) is 11. The van der Waals surface area contributed by atoms with Crippen LogP contribution in [0.1, 0.15) is 225 Å². The molecule has 0 aliphatic heterocycles. The first-order valence-corrected chi connectivity index (χ1v) is 29.1. The fourth-order valence-electron chi connectivity index (χ4n) is 8.49. The van der Waals surface area contributed by atoms with Crippen LogP contribution in [0.2, 0.25) is 0 Å². The Morgan fingerprint density at radius 2 is 0.697 bits per heavy atom. The van der Waals surface area contributed by atoms with Crippen LogP contribution in [0.5, 0.6) is 0 Å². The highest BCUT2D eigenvalue weighted by atomic mass is 16.4. The highest BCUT2D eigenvalue weighted by Crippen LogP contribution is 2.13. The molecule has 0 saturated carbocycles. The van der Waals surface area contributed by atoms with Crippen LogP contribution in [0.4, 0.5) is 0 Å². The summed E-state index contributed by atoms with van der Waals surface area (Å²) in [6, 6.07) is -2.11. The number of nitrogens with two attached hydrogens (primary N) is 6. The number of unbranched alkanes of at least 4 members (excludes halogenated alkanes) is 21. The number of carboxylic acid groups (broad SMARTS) is 1. The summed E-state index contributed by atoms with van der Waals surface area (Å²) in [5, 5.41) is 26.7. The summed E-state index contributed by atoms with van der Waals surface area (Å²) < 4.78 is 0. The molecule has 0 rings (SSSR count). The molecule has 0 aromatic rings. The van der Waals surface area contributed by atoms with Crippen molar-refractivity contribution in [2.45, 2.75) is 243 Å². The van der Waals surface area contributed by atoms with Gasteiger partial charge in [0, 0.05) is 65.0 Å². The van der Waals surface area contributed by atoms with Crippen molar-refractivity contribution in [3.8, 4) is 0 Å². The van der Waals surface area contributed by atoms with Crippen molar-refractivity contribution in [2.24, 2.45) is 44.4 Å². The first-order chi connectivity index (χ1) is 36.7. The second kappa shape index (κ2) is 50.6. The minimum atomic E-state index is -1.00. The van der Waals surface area contributed by atoms with Gasteiger partial charge in [0.1, 0.15) is 12.1 Å². The largest absolute Gasteiger partial charge is 0.480 e. The fraction of sp³-hybridized carbons (Fsp3) is 0.833. The summed E-state index contributed by atoms with van der Waals surface area (Å²) in [5.41, 5.74) is 32.9. The number of amides is 6. The van der Waals surface area contributed by atoms with Crippen molar-refractivity contribution in [1.29, 1.82) is 0 Å². The van der Waals surface area contributed by atoms with Gasteiger partial charge in [0.15, 0.2) is 11.9 Å². The normalized spacial score (nSPS) is 12.1. The lowest BCUT2D eigenvalue weighted by Gasteiger charge is -2.18. The molecule has 0 aliphatic carbocycles. The highest BCUT2D eigenvalue weighted by molar-refractivity contribution is 5.87. The van der Waals surface area contributed by atoms with E-state index in [1.54, 1.807) is 0 Å². The van der Waals surface area contributed by atoms with E-state index in [1.807, 2.05) is 0 Å². The number of aliphatic carboxylic acids is 1. The topological polar surface area (TPSA) is 393 Å². The molecule has 76 heavy (non-hydrogen) atoms. The van der Waals surface area contributed by atoms with Gasteiger partial charge in [-0.15, -0.1) is 0 Å². The third-order valence-electron chi connectivity index (χ3n) is 13.0. The van der Waals surface area contributed by atoms with Crippen LogP contribution in [-0.4, -0.2) is 122 Å². The lowest BCUT2D eigenvalue weighted by atomic mass is 10.1. The van der Waals surface area contributed by atoms with Crippen molar-refractivity contribution >= 4 is 53.3 Å². The summed E-state index contributed by atoms with van der Waals surface area (Å²) >= 11 is 0. The molecule has 0 aliphatic rings. The van der Waals surface area contributed by atoms with Crippen LogP contribution in [0.3, 0.4) is 0 Å². The Labute approximate surface area is 455 Å². The van der Waals surface area contributed by atoms with Gasteiger partial charge in [0.2, 0.25) is 35.4 Å². The summed E-state index contributed by atoms with van der Waals surface area (Å²) in [6.45, 7) is 3.64. The quantitative estimate of drug-likeness (QED) is 0.0233. The molecule has 0 aromatic carbocycles. The number of aliphatic imine (C=N–C) groups is 2. The van der Waals surface area contributed by atoms with E-state index in [1.165, 1.54) is 0 Å². The van der Waals surface area contributed by atoms with Gasteiger partial charge in [0.25, 0.3) is 0 Å². The third-order valence-corrected chi connectivity index (χ3v) is 13.0. The molecule has 22 heteroatoms. The van der Waals surface area contributed by atoms with Crippen molar-refractivity contribution in [3.63, 3.8) is 0 Å². The zero-order valence-corrected chi connectivity index (χ0v) is 46.6. The van der Waals surface area contributed by atoms with E-state index in [-0.39, 0.29) is 47.4 Å². The summed E-state index contributed by atoms with van der Waals surface area (Å²) in [7, 11) is 0. The molecule has 0 saturated heterocycles. The standard InChI is InChI=1S/C54H106N14O8/c55-36-22-21-30-45(52(75)76)68-49(72)35-18-12-8-4-2-6-10-14-24-38-62-47(70)33-20-16-26-40-64-51(74)44(31-28-42-66-54(59)60)67-48(71)34-17-11-7-3-1-5-9-13-23-37-61-46(69)32-19-15-25-39-63-50(73)43(56)29-27-41-65-53(57)58/h43-45H,1-42,55-56H2,(H,61,69)(H,62,70)(H,63,73)(H,64,74)(H,67,71)(H,68,72)(H,75,76)(H4,57,58,65)(H4,59,60,66)/t43-,44-,45-/m0/s1. The van der Waals surface area contributed by atoms with Gasteiger partial charge in [0.05, 0.1) is 6.04 Å². The predicted octanol–water partition coefficient (Wildman–Crippen LogP) is 3.99. The zero-order chi connectivity index (χ0) is 56.3. The van der Waals surface area contributed by atoms with Crippen LogP contribution in [0.15, 0.2) is 9.98 Å². The van der Waals surface area contributed by atoms with E-state index in [0.29, 0.717) is 110 Å². The lowest BCUT2D eigenvalue weighted by Crippen LogP contribution is -2.47. The van der Waals surface area contributed by atoms with Crippen molar-refractivity contribution < 1.29 is 38.7 Å². The second-order valence-corrected chi connectivity index (χ2v) is 20.1. The van der Waals surface area contributed by atoms with Gasteiger partial charge >= 0.3 is 5.97 Å². The van der Waals surface area contributed by atoms with E-state index < -0.39 is 24.1 Å². The molecular formula is C54H106N14O8. The lowest BCUT2D eigenvalue weighted by molar-refractivity contribution is -0.142. The maximum absolute atomic E-state index is 13.1. The Kier molecular flexibility index (Phi) is 47.1. The van der Waals surface area contributed by atoms with Gasteiger partial charge in [-0.3, -0.25) is 38.8 Å². The average Bonchev–Trinajstić information content (AvgIpc) is 3.38. The second-order valence-electron chi connectivity index (χ2n) is 20.1. The third kappa shape index (κ3) is 47.2. The molecule has 0 radical (unpaired) electrons. The molecule has 0 heterocycles. The molecule has 440 valence electrons. The molecule has 0 unspecified atom stereocenters. The van der Waals surface area contributed by atoms with E-state index in [9.17, 15) is 38.7 Å². The Balaban J connectivity index is 3.99. The van der Waals surface area contributed by atoms with Crippen LogP contribution in [-0.2, 0) is 33.6 Å². The fourth-order valence-corrected chi connectivity index (χ4v) is 8.49. The number of carboxylic acids is 1. The maximum atomic E-state index is 13.1. The number of rotatable bonds is 53. The van der Waals surface area contributed by atoms with Gasteiger partial charge in [-0.1, -0.05) is 103 Å². The average molecular weight is 1080 g/mol. The molecule has 6 amide bonds.